The molecule has 3 unspecified atom stereocenters. The fraction of sp³-hybridized carbons (Fsp3) is 0.867. The predicted molar refractivity (Wildman–Crippen MR) is 76.6 cm³/mol. The quantitative estimate of drug-likeness (QED) is 0.900. The molecule has 1 N–H and O–H groups in total. The van der Waals surface area contributed by atoms with Crippen molar-refractivity contribution in [2.75, 3.05) is 0 Å². The summed E-state index contributed by atoms with van der Waals surface area (Å²) in [5, 5.41) is 21.5. The molecule has 6 nitrogen and oxygen atoms in total. The molecular formula is C15H24N4O2. The van der Waals surface area contributed by atoms with Gasteiger partial charge in [0, 0.05) is 5.92 Å². The average Bonchev–Trinajstić information content (AvgIpc) is 2.80. The number of aliphatic carboxylic acids is 1. The standard InChI is InChI=1S/C15H24N4O2/c1-15(2,3)7-9(14(20)21)8-19-13(16-17-18-19)12-10-5-4-6-11(10)12/h9-12H,4-8H2,1-3H3,(H,20,21). The van der Waals surface area contributed by atoms with Gasteiger partial charge >= 0.3 is 5.97 Å². The van der Waals surface area contributed by atoms with Crippen LogP contribution in [0.5, 0.6) is 0 Å². The zero-order valence-corrected chi connectivity index (χ0v) is 13.0. The van der Waals surface area contributed by atoms with Crippen LogP contribution in [0.25, 0.3) is 0 Å². The van der Waals surface area contributed by atoms with Gasteiger partial charge in [-0.2, -0.15) is 0 Å². The molecule has 116 valence electrons. The molecule has 0 saturated heterocycles. The van der Waals surface area contributed by atoms with Gasteiger partial charge in [0.15, 0.2) is 5.82 Å². The number of carboxylic acid groups (broad SMARTS) is 1. The molecule has 2 saturated carbocycles. The Hall–Kier alpha value is -1.46. The van der Waals surface area contributed by atoms with E-state index in [1.54, 1.807) is 4.68 Å². The first-order chi connectivity index (χ1) is 9.87. The highest BCUT2D eigenvalue weighted by molar-refractivity contribution is 5.69. The number of tetrazole rings is 1. The number of carbonyl (C=O) groups is 1. The molecule has 0 aromatic carbocycles. The van der Waals surface area contributed by atoms with Crippen molar-refractivity contribution in [2.24, 2.45) is 23.2 Å². The number of carboxylic acids is 1. The van der Waals surface area contributed by atoms with Crippen molar-refractivity contribution in [1.82, 2.24) is 20.2 Å². The second-order valence-electron chi connectivity index (χ2n) is 7.80. The summed E-state index contributed by atoms with van der Waals surface area (Å²) in [5.74, 6) is 1.65. The van der Waals surface area contributed by atoms with Gasteiger partial charge in [-0.05, 0) is 46.9 Å². The lowest BCUT2D eigenvalue weighted by Gasteiger charge is -2.23. The molecule has 2 aliphatic rings. The number of aromatic nitrogens is 4. The first-order valence-corrected chi connectivity index (χ1v) is 7.86. The molecule has 1 heterocycles. The smallest absolute Gasteiger partial charge is 0.308 e. The SMILES string of the molecule is CC(C)(C)CC(Cn1nnnc1C1C2CCCC21)C(=O)O. The highest BCUT2D eigenvalue weighted by Crippen LogP contribution is 2.62. The van der Waals surface area contributed by atoms with E-state index in [-0.39, 0.29) is 5.41 Å². The number of fused-ring (bicyclic) bond motifs is 1. The summed E-state index contributed by atoms with van der Waals surface area (Å²) in [6, 6.07) is 0. The fourth-order valence-electron chi connectivity index (χ4n) is 3.96. The molecule has 0 bridgehead atoms. The molecule has 0 aliphatic heterocycles. The number of nitrogens with zero attached hydrogens (tertiary/aromatic N) is 4. The van der Waals surface area contributed by atoms with Gasteiger partial charge < -0.3 is 5.11 Å². The first-order valence-electron chi connectivity index (χ1n) is 7.86. The van der Waals surface area contributed by atoms with Gasteiger partial charge in [0.2, 0.25) is 0 Å². The number of rotatable bonds is 5. The maximum Gasteiger partial charge on any atom is 0.308 e. The van der Waals surface area contributed by atoms with Crippen LogP contribution in [0.3, 0.4) is 0 Å². The first kappa shape index (κ1) is 14.5. The maximum absolute atomic E-state index is 11.5. The van der Waals surface area contributed by atoms with Crippen LogP contribution in [0.1, 0.15) is 58.2 Å². The molecule has 2 fully saturated rings. The highest BCUT2D eigenvalue weighted by atomic mass is 16.4. The normalized spacial score (nSPS) is 29.2. The Morgan fingerprint density at radius 2 is 2.05 bits per heavy atom. The van der Waals surface area contributed by atoms with Gasteiger partial charge in [0.05, 0.1) is 12.5 Å². The minimum absolute atomic E-state index is 0.0205. The third-order valence-corrected chi connectivity index (χ3v) is 4.87. The van der Waals surface area contributed by atoms with E-state index in [0.29, 0.717) is 18.9 Å². The Morgan fingerprint density at radius 1 is 1.38 bits per heavy atom. The topological polar surface area (TPSA) is 80.9 Å². The van der Waals surface area contributed by atoms with Gasteiger partial charge in [-0.15, -0.1) is 5.10 Å². The van der Waals surface area contributed by atoms with Gasteiger partial charge in [0.25, 0.3) is 0 Å². The summed E-state index contributed by atoms with van der Waals surface area (Å²) < 4.78 is 1.74. The van der Waals surface area contributed by atoms with Crippen LogP contribution in [0, 0.1) is 23.2 Å². The zero-order chi connectivity index (χ0) is 15.2. The van der Waals surface area contributed by atoms with Gasteiger partial charge in [0.1, 0.15) is 0 Å². The molecule has 0 amide bonds. The van der Waals surface area contributed by atoms with Crippen LogP contribution in [-0.2, 0) is 11.3 Å². The molecule has 3 atom stereocenters. The largest absolute Gasteiger partial charge is 0.481 e. The minimum Gasteiger partial charge on any atom is -0.481 e. The van der Waals surface area contributed by atoms with Crippen LogP contribution < -0.4 is 0 Å². The van der Waals surface area contributed by atoms with Crippen molar-refractivity contribution in [3.05, 3.63) is 5.82 Å². The van der Waals surface area contributed by atoms with Crippen LogP contribution >= 0.6 is 0 Å². The lowest BCUT2D eigenvalue weighted by atomic mass is 9.84. The third kappa shape index (κ3) is 2.94. The molecule has 6 heteroatoms. The van der Waals surface area contributed by atoms with Crippen LogP contribution in [0.15, 0.2) is 0 Å². The van der Waals surface area contributed by atoms with E-state index in [0.717, 1.165) is 17.7 Å². The molecule has 1 aromatic heterocycles. The molecule has 3 rings (SSSR count). The zero-order valence-electron chi connectivity index (χ0n) is 13.0. The second kappa shape index (κ2) is 5.07. The van der Waals surface area contributed by atoms with E-state index in [1.165, 1.54) is 19.3 Å². The monoisotopic (exact) mass is 292 g/mol. The Bertz CT molecular complexity index is 524. The Balaban J connectivity index is 1.72. The minimum atomic E-state index is -0.762. The molecule has 1 aromatic rings. The van der Waals surface area contributed by atoms with Crippen molar-refractivity contribution in [3.63, 3.8) is 0 Å². The van der Waals surface area contributed by atoms with Crippen molar-refractivity contribution < 1.29 is 9.90 Å². The molecule has 21 heavy (non-hydrogen) atoms. The van der Waals surface area contributed by atoms with Crippen molar-refractivity contribution in [2.45, 2.75) is 58.9 Å². The van der Waals surface area contributed by atoms with E-state index >= 15 is 0 Å². The Labute approximate surface area is 124 Å². The Kier molecular flexibility index (Phi) is 3.50. The summed E-state index contributed by atoms with van der Waals surface area (Å²) in [6.07, 6.45) is 4.48. The Morgan fingerprint density at radius 3 is 2.62 bits per heavy atom. The lowest BCUT2D eigenvalue weighted by molar-refractivity contribution is -0.143. The summed E-state index contributed by atoms with van der Waals surface area (Å²) in [6.45, 7) is 6.57. The second-order valence-corrected chi connectivity index (χ2v) is 7.80. The molecular weight excluding hydrogens is 268 g/mol. The van der Waals surface area contributed by atoms with E-state index in [4.69, 9.17) is 0 Å². The van der Waals surface area contributed by atoms with Gasteiger partial charge in [-0.25, -0.2) is 4.68 Å². The van der Waals surface area contributed by atoms with Crippen LogP contribution in [-0.4, -0.2) is 31.3 Å². The van der Waals surface area contributed by atoms with Crippen molar-refractivity contribution in [1.29, 1.82) is 0 Å². The molecule has 0 radical (unpaired) electrons. The van der Waals surface area contributed by atoms with E-state index in [9.17, 15) is 9.90 Å². The average molecular weight is 292 g/mol. The maximum atomic E-state index is 11.5. The number of hydrogen-bond donors (Lipinski definition) is 1. The number of hydrogen-bond acceptors (Lipinski definition) is 4. The lowest BCUT2D eigenvalue weighted by Crippen LogP contribution is -2.26. The summed E-state index contributed by atoms with van der Waals surface area (Å²) >= 11 is 0. The summed E-state index contributed by atoms with van der Waals surface area (Å²) in [7, 11) is 0. The van der Waals surface area contributed by atoms with Crippen LogP contribution in [0.2, 0.25) is 0 Å². The fourth-order valence-corrected chi connectivity index (χ4v) is 3.96. The van der Waals surface area contributed by atoms with E-state index in [2.05, 4.69) is 36.3 Å². The van der Waals surface area contributed by atoms with Gasteiger partial charge in [-0.3, -0.25) is 4.79 Å². The van der Waals surface area contributed by atoms with E-state index < -0.39 is 11.9 Å². The summed E-state index contributed by atoms with van der Waals surface area (Å²) in [5.41, 5.74) is -0.0205. The third-order valence-electron chi connectivity index (χ3n) is 4.87. The predicted octanol–water partition coefficient (Wildman–Crippen LogP) is 2.32. The van der Waals surface area contributed by atoms with E-state index in [1.807, 2.05) is 0 Å². The highest BCUT2D eigenvalue weighted by Gasteiger charge is 2.55. The molecule has 2 aliphatic carbocycles. The molecule has 0 spiro atoms. The van der Waals surface area contributed by atoms with Gasteiger partial charge in [-0.1, -0.05) is 27.2 Å². The van der Waals surface area contributed by atoms with Crippen molar-refractivity contribution in [3.8, 4) is 0 Å². The van der Waals surface area contributed by atoms with Crippen LogP contribution in [0.4, 0.5) is 0 Å². The summed E-state index contributed by atoms with van der Waals surface area (Å²) in [4.78, 5) is 11.5. The van der Waals surface area contributed by atoms with Crippen molar-refractivity contribution >= 4 is 5.97 Å².